The topological polar surface area (TPSA) is 74.6 Å². The van der Waals surface area contributed by atoms with E-state index < -0.39 is 11.9 Å². The van der Waals surface area contributed by atoms with Gasteiger partial charge in [0.15, 0.2) is 0 Å². The van der Waals surface area contributed by atoms with Crippen molar-refractivity contribution in [2.45, 2.75) is 19.3 Å². The minimum absolute atomic E-state index is 0.00541. The largest absolute Gasteiger partial charge is 0.481 e. The lowest BCUT2D eigenvalue weighted by Gasteiger charge is -2.07. The maximum atomic E-state index is 10.9. The van der Waals surface area contributed by atoms with Gasteiger partial charge in [-0.1, -0.05) is 60.7 Å². The molecule has 118 valence electrons. The summed E-state index contributed by atoms with van der Waals surface area (Å²) >= 11 is 0. The van der Waals surface area contributed by atoms with Crippen LogP contribution < -0.4 is 0 Å². The average molecular weight is 310 g/mol. The SMILES string of the molecule is O=C(O)CCC(=Cc1ccc(CC(=O)O)cc1)c1ccccc1. The van der Waals surface area contributed by atoms with Gasteiger partial charge in [-0.2, -0.15) is 0 Å². The Labute approximate surface area is 134 Å². The van der Waals surface area contributed by atoms with Crippen molar-refractivity contribution in [3.05, 3.63) is 71.3 Å². The molecule has 0 aliphatic rings. The summed E-state index contributed by atoms with van der Waals surface area (Å²) in [5.74, 6) is -1.69. The molecule has 0 radical (unpaired) electrons. The minimum atomic E-state index is -0.861. The Morgan fingerprint density at radius 3 is 2.04 bits per heavy atom. The van der Waals surface area contributed by atoms with E-state index in [1.807, 2.05) is 48.5 Å². The van der Waals surface area contributed by atoms with Crippen molar-refractivity contribution in [1.82, 2.24) is 0 Å². The van der Waals surface area contributed by atoms with E-state index in [2.05, 4.69) is 0 Å². The highest BCUT2D eigenvalue weighted by atomic mass is 16.4. The number of carbonyl (C=O) groups is 2. The van der Waals surface area contributed by atoms with Crippen molar-refractivity contribution in [2.75, 3.05) is 0 Å². The second kappa shape index (κ2) is 7.94. The van der Waals surface area contributed by atoms with Crippen LogP contribution in [-0.4, -0.2) is 22.2 Å². The van der Waals surface area contributed by atoms with Crippen LogP contribution in [0.5, 0.6) is 0 Å². The number of hydrogen-bond acceptors (Lipinski definition) is 2. The van der Waals surface area contributed by atoms with Crippen LogP contribution in [0, 0.1) is 0 Å². The predicted molar refractivity (Wildman–Crippen MR) is 89.0 cm³/mol. The fraction of sp³-hybridized carbons (Fsp3) is 0.158. The van der Waals surface area contributed by atoms with Gasteiger partial charge in [0, 0.05) is 6.42 Å². The summed E-state index contributed by atoms with van der Waals surface area (Å²) in [5.41, 5.74) is 3.59. The molecule has 0 saturated heterocycles. The number of carboxylic acid groups (broad SMARTS) is 2. The maximum absolute atomic E-state index is 10.9. The zero-order valence-electron chi connectivity index (χ0n) is 12.6. The van der Waals surface area contributed by atoms with Gasteiger partial charge >= 0.3 is 11.9 Å². The summed E-state index contributed by atoms with van der Waals surface area (Å²) in [5, 5.41) is 17.7. The smallest absolute Gasteiger partial charge is 0.307 e. The third kappa shape index (κ3) is 5.43. The van der Waals surface area contributed by atoms with Crippen molar-refractivity contribution >= 4 is 23.6 Å². The van der Waals surface area contributed by atoms with Crippen LogP contribution in [0.2, 0.25) is 0 Å². The molecule has 0 spiro atoms. The molecule has 2 aromatic rings. The molecule has 0 aliphatic carbocycles. The lowest BCUT2D eigenvalue weighted by atomic mass is 9.98. The van der Waals surface area contributed by atoms with Crippen LogP contribution >= 0.6 is 0 Å². The highest BCUT2D eigenvalue weighted by molar-refractivity contribution is 5.83. The Hall–Kier alpha value is -2.88. The third-order valence-corrected chi connectivity index (χ3v) is 3.43. The first-order valence-corrected chi connectivity index (χ1v) is 7.33. The summed E-state index contributed by atoms with van der Waals surface area (Å²) in [6.07, 6.45) is 2.45. The van der Waals surface area contributed by atoms with Gasteiger partial charge in [0.05, 0.1) is 6.42 Å². The Morgan fingerprint density at radius 1 is 0.826 bits per heavy atom. The van der Waals surface area contributed by atoms with E-state index in [0.29, 0.717) is 6.42 Å². The molecule has 0 amide bonds. The van der Waals surface area contributed by atoms with E-state index in [-0.39, 0.29) is 12.8 Å². The molecule has 0 atom stereocenters. The Balaban J connectivity index is 2.25. The zero-order valence-corrected chi connectivity index (χ0v) is 12.6. The number of rotatable bonds is 7. The van der Waals surface area contributed by atoms with Crippen LogP contribution in [0.1, 0.15) is 29.5 Å². The summed E-state index contributed by atoms with van der Waals surface area (Å²) < 4.78 is 0. The number of aliphatic carboxylic acids is 2. The van der Waals surface area contributed by atoms with Gasteiger partial charge in [-0.25, -0.2) is 0 Å². The second-order valence-electron chi connectivity index (χ2n) is 5.24. The Bertz CT molecular complexity index is 700. The van der Waals surface area contributed by atoms with Crippen LogP contribution in [0.25, 0.3) is 11.6 Å². The first-order valence-electron chi connectivity index (χ1n) is 7.33. The summed E-state index contributed by atoms with van der Waals surface area (Å²) in [6, 6.07) is 16.9. The molecule has 0 unspecified atom stereocenters. The molecule has 0 aliphatic heterocycles. The molecular weight excluding hydrogens is 292 g/mol. The van der Waals surface area contributed by atoms with E-state index in [1.165, 1.54) is 0 Å². The van der Waals surface area contributed by atoms with Gasteiger partial charge in [-0.15, -0.1) is 0 Å². The number of hydrogen-bond donors (Lipinski definition) is 2. The molecule has 2 rings (SSSR count). The summed E-state index contributed by atoms with van der Waals surface area (Å²) in [7, 11) is 0. The maximum Gasteiger partial charge on any atom is 0.307 e. The average Bonchev–Trinajstić information content (AvgIpc) is 2.53. The third-order valence-electron chi connectivity index (χ3n) is 3.43. The normalized spacial score (nSPS) is 11.2. The van der Waals surface area contributed by atoms with Crippen LogP contribution in [0.4, 0.5) is 0 Å². The monoisotopic (exact) mass is 310 g/mol. The van der Waals surface area contributed by atoms with Gasteiger partial charge < -0.3 is 10.2 Å². The lowest BCUT2D eigenvalue weighted by Crippen LogP contribution is -1.99. The molecule has 4 nitrogen and oxygen atoms in total. The molecular formula is C19H18O4. The molecule has 4 heteroatoms. The fourth-order valence-electron chi connectivity index (χ4n) is 2.30. The van der Waals surface area contributed by atoms with Crippen LogP contribution in [-0.2, 0) is 16.0 Å². The fourth-order valence-corrected chi connectivity index (χ4v) is 2.30. The van der Waals surface area contributed by atoms with Gasteiger partial charge in [-0.3, -0.25) is 9.59 Å². The quantitative estimate of drug-likeness (QED) is 0.764. The van der Waals surface area contributed by atoms with E-state index >= 15 is 0 Å². The van der Waals surface area contributed by atoms with Gasteiger partial charge in [0.2, 0.25) is 0 Å². The van der Waals surface area contributed by atoms with Crippen LogP contribution in [0.15, 0.2) is 54.6 Å². The van der Waals surface area contributed by atoms with Gasteiger partial charge in [-0.05, 0) is 28.7 Å². The predicted octanol–water partition coefficient (Wildman–Crippen LogP) is 3.72. The molecule has 0 saturated carbocycles. The highest BCUT2D eigenvalue weighted by Crippen LogP contribution is 2.23. The molecule has 0 fully saturated rings. The minimum Gasteiger partial charge on any atom is -0.481 e. The molecule has 0 aromatic heterocycles. The Morgan fingerprint density at radius 2 is 1.48 bits per heavy atom. The lowest BCUT2D eigenvalue weighted by molar-refractivity contribution is -0.137. The van der Waals surface area contributed by atoms with E-state index in [0.717, 1.165) is 22.3 Å². The van der Waals surface area contributed by atoms with Crippen molar-refractivity contribution in [3.8, 4) is 0 Å². The van der Waals surface area contributed by atoms with E-state index in [1.54, 1.807) is 12.1 Å². The Kier molecular flexibility index (Phi) is 5.69. The zero-order chi connectivity index (χ0) is 16.7. The van der Waals surface area contributed by atoms with Crippen molar-refractivity contribution in [1.29, 1.82) is 0 Å². The molecule has 2 aromatic carbocycles. The first-order chi connectivity index (χ1) is 11.0. The van der Waals surface area contributed by atoms with Crippen LogP contribution in [0.3, 0.4) is 0 Å². The van der Waals surface area contributed by atoms with Gasteiger partial charge in [0.1, 0.15) is 0 Å². The van der Waals surface area contributed by atoms with Crippen molar-refractivity contribution in [2.24, 2.45) is 0 Å². The summed E-state index contributed by atoms with van der Waals surface area (Å²) in [4.78, 5) is 21.5. The summed E-state index contributed by atoms with van der Waals surface area (Å²) in [6.45, 7) is 0. The van der Waals surface area contributed by atoms with E-state index in [4.69, 9.17) is 10.2 Å². The molecule has 2 N–H and O–H groups in total. The highest BCUT2D eigenvalue weighted by Gasteiger charge is 2.06. The van der Waals surface area contributed by atoms with Gasteiger partial charge in [0.25, 0.3) is 0 Å². The second-order valence-corrected chi connectivity index (χ2v) is 5.24. The van der Waals surface area contributed by atoms with Crippen molar-refractivity contribution in [3.63, 3.8) is 0 Å². The number of carboxylic acids is 2. The van der Waals surface area contributed by atoms with Crippen molar-refractivity contribution < 1.29 is 19.8 Å². The molecule has 23 heavy (non-hydrogen) atoms. The number of allylic oxidation sites excluding steroid dienone is 1. The number of benzene rings is 2. The molecule has 0 heterocycles. The standard InChI is InChI=1S/C19H18O4/c20-18(21)11-10-17(16-4-2-1-3-5-16)12-14-6-8-15(9-7-14)13-19(22)23/h1-9,12H,10-11,13H2,(H,20,21)(H,22,23). The molecule has 0 bridgehead atoms. The van der Waals surface area contributed by atoms with E-state index in [9.17, 15) is 9.59 Å². The first kappa shape index (κ1) is 16.5.